The number of carbonyl (C=O) groups is 1. The van der Waals surface area contributed by atoms with E-state index in [9.17, 15) is 4.79 Å². The molecule has 0 bridgehead atoms. The molecule has 0 aromatic carbocycles. The zero-order chi connectivity index (χ0) is 13.0. The summed E-state index contributed by atoms with van der Waals surface area (Å²) in [5, 5.41) is 4.28. The van der Waals surface area contributed by atoms with E-state index in [0.29, 0.717) is 5.92 Å². The molecule has 0 atom stereocenters. The van der Waals surface area contributed by atoms with Gasteiger partial charge in [-0.05, 0) is 31.8 Å². The zero-order valence-electron chi connectivity index (χ0n) is 11.2. The minimum Gasteiger partial charge on any atom is -0.303 e. The fourth-order valence-electron chi connectivity index (χ4n) is 2.36. The molecule has 1 fully saturated rings. The third-order valence-corrected chi connectivity index (χ3v) is 3.42. The first-order valence-corrected chi connectivity index (χ1v) is 6.73. The highest BCUT2D eigenvalue weighted by Gasteiger charge is 2.20. The van der Waals surface area contributed by atoms with Crippen LogP contribution in [-0.2, 0) is 17.9 Å². The van der Waals surface area contributed by atoms with Crippen molar-refractivity contribution in [3.63, 3.8) is 0 Å². The van der Waals surface area contributed by atoms with E-state index in [2.05, 4.69) is 28.8 Å². The molecule has 1 aliphatic heterocycles. The molecule has 1 aromatic rings. The maximum Gasteiger partial charge on any atom is 0.141 e. The van der Waals surface area contributed by atoms with Crippen LogP contribution in [0.15, 0.2) is 6.33 Å². The van der Waals surface area contributed by atoms with E-state index in [1.807, 2.05) is 4.68 Å². The molecule has 5 heteroatoms. The fraction of sp³-hybridized carbons (Fsp3) is 0.769. The van der Waals surface area contributed by atoms with Gasteiger partial charge in [0.2, 0.25) is 0 Å². The number of carbonyl (C=O) groups excluding carboxylic acids is 1. The average molecular weight is 250 g/mol. The molecule has 2 heterocycles. The molecule has 0 radical (unpaired) electrons. The van der Waals surface area contributed by atoms with E-state index in [4.69, 9.17) is 0 Å². The van der Waals surface area contributed by atoms with Gasteiger partial charge in [0, 0.05) is 12.5 Å². The van der Waals surface area contributed by atoms with Crippen LogP contribution in [-0.4, -0.2) is 39.0 Å². The van der Waals surface area contributed by atoms with Crippen LogP contribution in [0.5, 0.6) is 0 Å². The van der Waals surface area contributed by atoms with Gasteiger partial charge in [0.25, 0.3) is 0 Å². The van der Waals surface area contributed by atoms with Crippen LogP contribution in [0.1, 0.15) is 32.5 Å². The molecule has 2 rings (SSSR count). The summed E-state index contributed by atoms with van der Waals surface area (Å²) in [6.45, 7) is 8.09. The molecule has 0 saturated carbocycles. The monoisotopic (exact) mass is 250 g/mol. The number of aldehydes is 1. The number of rotatable bonds is 5. The molecule has 1 aliphatic rings. The Morgan fingerprint density at radius 3 is 2.78 bits per heavy atom. The van der Waals surface area contributed by atoms with Gasteiger partial charge in [-0.25, -0.2) is 9.67 Å². The smallest absolute Gasteiger partial charge is 0.141 e. The molecule has 0 aliphatic carbocycles. The normalized spacial score (nSPS) is 18.4. The molecular weight excluding hydrogens is 228 g/mol. The minimum absolute atomic E-state index is 0.259. The number of hydrogen-bond acceptors (Lipinski definition) is 4. The quantitative estimate of drug-likeness (QED) is 0.740. The van der Waals surface area contributed by atoms with Crippen molar-refractivity contribution < 1.29 is 4.79 Å². The largest absolute Gasteiger partial charge is 0.303 e. The molecule has 1 aromatic heterocycles. The van der Waals surface area contributed by atoms with Crippen molar-refractivity contribution in [3.05, 3.63) is 12.2 Å². The fourth-order valence-corrected chi connectivity index (χ4v) is 2.36. The van der Waals surface area contributed by atoms with E-state index < -0.39 is 0 Å². The van der Waals surface area contributed by atoms with E-state index in [0.717, 1.165) is 51.1 Å². The van der Waals surface area contributed by atoms with E-state index in [-0.39, 0.29) is 5.92 Å². The molecule has 0 amide bonds. The van der Waals surface area contributed by atoms with Crippen LogP contribution >= 0.6 is 0 Å². The van der Waals surface area contributed by atoms with E-state index in [1.165, 1.54) is 0 Å². The van der Waals surface area contributed by atoms with Gasteiger partial charge in [-0.3, -0.25) is 4.90 Å². The maximum atomic E-state index is 10.7. The Bertz CT molecular complexity index is 380. The van der Waals surface area contributed by atoms with E-state index >= 15 is 0 Å². The Hall–Kier alpha value is -1.23. The van der Waals surface area contributed by atoms with Crippen LogP contribution in [0.2, 0.25) is 0 Å². The topological polar surface area (TPSA) is 51.0 Å². The van der Waals surface area contributed by atoms with Crippen molar-refractivity contribution in [1.29, 1.82) is 0 Å². The van der Waals surface area contributed by atoms with Gasteiger partial charge in [-0.1, -0.05) is 13.8 Å². The molecule has 18 heavy (non-hydrogen) atoms. The third kappa shape index (κ3) is 3.38. The van der Waals surface area contributed by atoms with Gasteiger partial charge in [-0.15, -0.1) is 0 Å². The van der Waals surface area contributed by atoms with Crippen LogP contribution in [0.25, 0.3) is 0 Å². The first-order chi connectivity index (χ1) is 8.69. The van der Waals surface area contributed by atoms with Gasteiger partial charge in [0.05, 0.1) is 6.54 Å². The van der Waals surface area contributed by atoms with Gasteiger partial charge < -0.3 is 4.79 Å². The lowest BCUT2D eigenvalue weighted by molar-refractivity contribution is -0.112. The summed E-state index contributed by atoms with van der Waals surface area (Å²) in [5.41, 5.74) is 0. The number of aromatic nitrogens is 3. The van der Waals surface area contributed by atoms with Crippen LogP contribution in [0, 0.1) is 11.8 Å². The minimum atomic E-state index is 0.259. The highest BCUT2D eigenvalue weighted by Crippen LogP contribution is 2.16. The second kappa shape index (κ2) is 6.09. The van der Waals surface area contributed by atoms with E-state index in [1.54, 1.807) is 6.33 Å². The van der Waals surface area contributed by atoms with Crippen molar-refractivity contribution in [2.75, 3.05) is 13.1 Å². The zero-order valence-corrected chi connectivity index (χ0v) is 11.2. The number of nitrogens with zero attached hydrogens (tertiary/aromatic N) is 4. The lowest BCUT2D eigenvalue weighted by atomic mass is 9.99. The lowest BCUT2D eigenvalue weighted by Crippen LogP contribution is -2.34. The Morgan fingerprint density at radius 1 is 1.44 bits per heavy atom. The van der Waals surface area contributed by atoms with Gasteiger partial charge in [0.1, 0.15) is 18.4 Å². The lowest BCUT2D eigenvalue weighted by Gasteiger charge is -2.29. The predicted octanol–water partition coefficient (Wildman–Crippen LogP) is 1.34. The molecule has 0 spiro atoms. The maximum absolute atomic E-state index is 10.7. The first-order valence-electron chi connectivity index (χ1n) is 6.73. The standard InChI is InChI=1S/C13H22N4O/c1-11(2)7-17-13(14-10-15-17)8-16-5-3-12(9-18)4-6-16/h9-12H,3-8H2,1-2H3. The van der Waals surface area contributed by atoms with Gasteiger partial charge in [0.15, 0.2) is 0 Å². The Labute approximate surface area is 108 Å². The molecule has 5 nitrogen and oxygen atoms in total. The molecule has 100 valence electrons. The van der Waals surface area contributed by atoms with Crippen LogP contribution < -0.4 is 0 Å². The van der Waals surface area contributed by atoms with Crippen molar-refractivity contribution in [1.82, 2.24) is 19.7 Å². The number of piperidine rings is 1. The summed E-state index contributed by atoms with van der Waals surface area (Å²) >= 11 is 0. The summed E-state index contributed by atoms with van der Waals surface area (Å²) < 4.78 is 2.00. The third-order valence-electron chi connectivity index (χ3n) is 3.42. The average Bonchev–Trinajstić information content (AvgIpc) is 2.77. The summed E-state index contributed by atoms with van der Waals surface area (Å²) in [4.78, 5) is 17.4. The predicted molar refractivity (Wildman–Crippen MR) is 68.9 cm³/mol. The SMILES string of the molecule is CC(C)Cn1ncnc1CN1CCC(C=O)CC1. The van der Waals surface area contributed by atoms with Crippen molar-refractivity contribution in [2.24, 2.45) is 11.8 Å². The summed E-state index contributed by atoms with van der Waals surface area (Å²) in [6.07, 6.45) is 4.68. The molecule has 0 N–H and O–H groups in total. The molecular formula is C13H22N4O. The van der Waals surface area contributed by atoms with Gasteiger partial charge >= 0.3 is 0 Å². The van der Waals surface area contributed by atoms with Crippen molar-refractivity contribution in [2.45, 2.75) is 39.8 Å². The Balaban J connectivity index is 1.90. The van der Waals surface area contributed by atoms with Crippen LogP contribution in [0.3, 0.4) is 0 Å². The highest BCUT2D eigenvalue weighted by atomic mass is 16.1. The molecule has 0 unspecified atom stereocenters. The van der Waals surface area contributed by atoms with Crippen molar-refractivity contribution in [3.8, 4) is 0 Å². The highest BCUT2D eigenvalue weighted by molar-refractivity contribution is 5.53. The second-order valence-electron chi connectivity index (χ2n) is 5.50. The Kier molecular flexibility index (Phi) is 4.47. The summed E-state index contributed by atoms with van der Waals surface area (Å²) in [6, 6.07) is 0. The summed E-state index contributed by atoms with van der Waals surface area (Å²) in [5.74, 6) is 1.87. The second-order valence-corrected chi connectivity index (χ2v) is 5.50. The molecule has 1 saturated heterocycles. The van der Waals surface area contributed by atoms with Crippen molar-refractivity contribution >= 4 is 6.29 Å². The number of hydrogen-bond donors (Lipinski definition) is 0. The van der Waals surface area contributed by atoms with Gasteiger partial charge in [-0.2, -0.15) is 5.10 Å². The summed E-state index contributed by atoms with van der Waals surface area (Å²) in [7, 11) is 0. The first kappa shape index (κ1) is 13.2. The Morgan fingerprint density at radius 2 is 2.17 bits per heavy atom. The number of likely N-dealkylation sites (tertiary alicyclic amines) is 1. The van der Waals surface area contributed by atoms with Crippen LogP contribution in [0.4, 0.5) is 0 Å².